The predicted molar refractivity (Wildman–Crippen MR) is 137 cm³/mol. The van der Waals surface area contributed by atoms with Crippen molar-refractivity contribution >= 4 is 23.8 Å². The van der Waals surface area contributed by atoms with E-state index in [0.717, 1.165) is 25.7 Å². The third-order valence-electron chi connectivity index (χ3n) is 4.72. The largest absolute Gasteiger partial charge is 0.462 e. The first-order chi connectivity index (χ1) is 17.2. The van der Waals surface area contributed by atoms with Crippen molar-refractivity contribution < 1.29 is 38.1 Å². The Bertz CT molecular complexity index is 635. The first-order valence-corrected chi connectivity index (χ1v) is 12.6. The van der Waals surface area contributed by atoms with E-state index in [2.05, 4.69) is 23.8 Å². The normalized spacial score (nSPS) is 10.4. The van der Waals surface area contributed by atoms with E-state index in [-0.39, 0.29) is 31.6 Å². The maximum Gasteiger partial charge on any atom is 0.333 e. The summed E-state index contributed by atoms with van der Waals surface area (Å²) in [6.07, 6.45) is 5.61. The van der Waals surface area contributed by atoms with Crippen molar-refractivity contribution in [3.05, 3.63) is 24.3 Å². The monoisotopic (exact) mass is 512 g/mol. The lowest BCUT2D eigenvalue weighted by Crippen LogP contribution is -2.38. The highest BCUT2D eigenvalue weighted by atomic mass is 16.5. The molecular weight excluding hydrogens is 468 g/mol. The first-order valence-electron chi connectivity index (χ1n) is 12.6. The van der Waals surface area contributed by atoms with Crippen molar-refractivity contribution in [3.8, 4) is 0 Å². The minimum absolute atomic E-state index is 0.101. The van der Waals surface area contributed by atoms with Gasteiger partial charge in [-0.25, -0.2) is 14.4 Å². The smallest absolute Gasteiger partial charge is 0.333 e. The van der Waals surface area contributed by atoms with E-state index in [1.807, 2.05) is 0 Å². The Morgan fingerprint density at radius 3 is 1.64 bits per heavy atom. The average molecular weight is 513 g/mol. The van der Waals surface area contributed by atoms with Crippen LogP contribution in [0.5, 0.6) is 0 Å². The van der Waals surface area contributed by atoms with Crippen molar-refractivity contribution in [2.75, 3.05) is 52.7 Å². The van der Waals surface area contributed by atoms with Crippen molar-refractivity contribution in [2.45, 2.75) is 65.2 Å². The average Bonchev–Trinajstić information content (AvgIpc) is 2.84. The molecule has 2 N–H and O–H groups in total. The number of Topliss-reactive ketones (excluding diaryl/α,β-unsaturated/α-hetero) is 1. The second-order valence-electron chi connectivity index (χ2n) is 8.40. The molecule has 10 heteroatoms. The minimum atomic E-state index is -0.473. The third kappa shape index (κ3) is 21.8. The lowest BCUT2D eigenvalue weighted by atomic mass is 10.1. The number of ketones is 1. The summed E-state index contributed by atoms with van der Waals surface area (Å²) >= 11 is 0. The van der Waals surface area contributed by atoms with E-state index in [0.29, 0.717) is 69.8 Å². The van der Waals surface area contributed by atoms with Crippen LogP contribution in [0, 0.1) is 0 Å². The number of esters is 2. The summed E-state index contributed by atoms with van der Waals surface area (Å²) < 4.78 is 21.0. The van der Waals surface area contributed by atoms with E-state index >= 15 is 0 Å². The van der Waals surface area contributed by atoms with E-state index in [4.69, 9.17) is 18.9 Å². The molecule has 0 aliphatic heterocycles. The summed E-state index contributed by atoms with van der Waals surface area (Å²) in [5.41, 5.74) is 0.682. The van der Waals surface area contributed by atoms with Crippen LogP contribution in [0.4, 0.5) is 4.79 Å². The van der Waals surface area contributed by atoms with Crippen LogP contribution in [-0.4, -0.2) is 76.5 Å². The summed E-state index contributed by atoms with van der Waals surface area (Å²) in [4.78, 5) is 45.8. The number of urea groups is 1. The molecule has 36 heavy (non-hydrogen) atoms. The fourth-order valence-corrected chi connectivity index (χ4v) is 2.69. The standard InChI is InChI=1S/C26H44N2O8/c1-21(2)24(30)35-19-9-12-23(29)11-5-6-15-33-16-7-8-17-34-18-10-13-27-26(32)28-14-20-36-25(31)22(3)4/h1,3,5-20H2,2,4H3,(H2,27,28,32). The molecule has 10 nitrogen and oxygen atoms in total. The van der Waals surface area contributed by atoms with Crippen molar-refractivity contribution in [1.29, 1.82) is 0 Å². The SMILES string of the molecule is C=C(C)C(=O)OCCCC(=O)CCCCOCCCCOCCCNC(=O)NCCOC(=O)C(=C)C. The number of rotatable bonds is 23. The Balaban J connectivity index is 3.32. The fraction of sp³-hybridized carbons (Fsp3) is 0.692. The molecular formula is C26H44N2O8. The maximum atomic E-state index is 11.8. The minimum Gasteiger partial charge on any atom is -0.462 e. The summed E-state index contributed by atoms with van der Waals surface area (Å²) in [6, 6.07) is -0.315. The zero-order valence-corrected chi connectivity index (χ0v) is 22.0. The number of amides is 2. The molecule has 0 heterocycles. The highest BCUT2D eigenvalue weighted by molar-refractivity contribution is 5.87. The summed E-state index contributed by atoms with van der Waals surface area (Å²) in [6.45, 7) is 13.7. The van der Waals surface area contributed by atoms with Gasteiger partial charge in [0.2, 0.25) is 0 Å². The molecule has 0 radical (unpaired) electrons. The van der Waals surface area contributed by atoms with E-state index in [1.165, 1.54) is 0 Å². The van der Waals surface area contributed by atoms with Crippen molar-refractivity contribution in [3.63, 3.8) is 0 Å². The number of ether oxygens (including phenoxy) is 4. The number of unbranched alkanes of at least 4 members (excludes halogenated alkanes) is 2. The number of hydrogen-bond donors (Lipinski definition) is 2. The molecule has 0 atom stereocenters. The van der Waals surface area contributed by atoms with Gasteiger partial charge in [0.1, 0.15) is 12.4 Å². The van der Waals surface area contributed by atoms with E-state index < -0.39 is 11.9 Å². The van der Waals surface area contributed by atoms with Gasteiger partial charge in [0.15, 0.2) is 0 Å². The van der Waals surface area contributed by atoms with Crippen LogP contribution < -0.4 is 10.6 Å². The van der Waals surface area contributed by atoms with Gasteiger partial charge < -0.3 is 29.6 Å². The molecule has 0 bridgehead atoms. The van der Waals surface area contributed by atoms with Crippen molar-refractivity contribution in [2.24, 2.45) is 0 Å². The number of nitrogens with one attached hydrogen (secondary N) is 2. The molecule has 0 aliphatic carbocycles. The van der Waals surface area contributed by atoms with Gasteiger partial charge >= 0.3 is 18.0 Å². The second-order valence-corrected chi connectivity index (χ2v) is 8.40. The summed E-state index contributed by atoms with van der Waals surface area (Å²) in [5.74, 6) is -0.714. The Kier molecular flexibility index (Phi) is 21.0. The lowest BCUT2D eigenvalue weighted by molar-refractivity contribution is -0.140. The second kappa shape index (κ2) is 22.7. The highest BCUT2D eigenvalue weighted by Gasteiger charge is 2.06. The Hall–Kier alpha value is -2.72. The molecule has 0 aliphatic rings. The molecule has 206 valence electrons. The van der Waals surface area contributed by atoms with Crippen LogP contribution in [0.2, 0.25) is 0 Å². The molecule has 0 aromatic carbocycles. The molecule has 0 saturated carbocycles. The van der Waals surface area contributed by atoms with Crippen LogP contribution in [0.1, 0.15) is 65.2 Å². The number of carbonyl (C=O) groups excluding carboxylic acids is 4. The molecule has 0 spiro atoms. The molecule has 0 fully saturated rings. The third-order valence-corrected chi connectivity index (χ3v) is 4.72. The topological polar surface area (TPSA) is 129 Å². The molecule has 0 saturated heterocycles. The van der Waals surface area contributed by atoms with Crippen LogP contribution in [0.15, 0.2) is 24.3 Å². The van der Waals surface area contributed by atoms with E-state index in [1.54, 1.807) is 13.8 Å². The van der Waals surface area contributed by atoms with Crippen LogP contribution >= 0.6 is 0 Å². The Morgan fingerprint density at radius 1 is 0.583 bits per heavy atom. The van der Waals surface area contributed by atoms with Crippen LogP contribution in [0.25, 0.3) is 0 Å². The van der Waals surface area contributed by atoms with Crippen molar-refractivity contribution in [1.82, 2.24) is 10.6 Å². The van der Waals surface area contributed by atoms with Gasteiger partial charge in [-0.3, -0.25) is 4.79 Å². The summed E-state index contributed by atoms with van der Waals surface area (Å²) in [7, 11) is 0. The lowest BCUT2D eigenvalue weighted by Gasteiger charge is -2.09. The maximum absolute atomic E-state index is 11.8. The van der Waals surface area contributed by atoms with Gasteiger partial charge in [0.05, 0.1) is 13.2 Å². The molecule has 0 rings (SSSR count). The predicted octanol–water partition coefficient (Wildman–Crippen LogP) is 3.25. The highest BCUT2D eigenvalue weighted by Crippen LogP contribution is 2.04. The molecule has 0 unspecified atom stereocenters. The molecule has 2 amide bonds. The van der Waals surface area contributed by atoms with Gasteiger partial charge in [-0.05, 0) is 52.4 Å². The molecule has 0 aromatic heterocycles. The van der Waals surface area contributed by atoms with Crippen LogP contribution in [-0.2, 0) is 33.3 Å². The van der Waals surface area contributed by atoms with Crippen LogP contribution in [0.3, 0.4) is 0 Å². The zero-order chi connectivity index (χ0) is 27.0. The Labute approximate surface area is 215 Å². The Morgan fingerprint density at radius 2 is 1.06 bits per heavy atom. The van der Waals surface area contributed by atoms with Gasteiger partial charge in [-0.2, -0.15) is 0 Å². The summed E-state index contributed by atoms with van der Waals surface area (Å²) in [5, 5.41) is 5.30. The molecule has 0 aromatic rings. The van der Waals surface area contributed by atoms with Gasteiger partial charge in [-0.1, -0.05) is 13.2 Å². The first kappa shape index (κ1) is 33.3. The van der Waals surface area contributed by atoms with E-state index in [9.17, 15) is 19.2 Å². The fourth-order valence-electron chi connectivity index (χ4n) is 2.69. The number of carbonyl (C=O) groups is 4. The van der Waals surface area contributed by atoms with Gasteiger partial charge in [0.25, 0.3) is 0 Å². The van der Waals surface area contributed by atoms with Gasteiger partial charge in [0, 0.05) is 57.0 Å². The number of hydrogen-bond acceptors (Lipinski definition) is 8. The quantitative estimate of drug-likeness (QED) is 0.121. The zero-order valence-electron chi connectivity index (χ0n) is 22.0. The van der Waals surface area contributed by atoms with Gasteiger partial charge in [-0.15, -0.1) is 0 Å².